The van der Waals surface area contributed by atoms with Crippen LogP contribution in [0.2, 0.25) is 0 Å². The summed E-state index contributed by atoms with van der Waals surface area (Å²) in [4.78, 5) is 38.2. The van der Waals surface area contributed by atoms with Gasteiger partial charge in [0.05, 0.1) is 17.7 Å². The lowest BCUT2D eigenvalue weighted by Gasteiger charge is -2.36. The minimum atomic E-state index is -0.216. The number of hydrogen-bond donors (Lipinski definition) is 2. The van der Waals surface area contributed by atoms with Crippen LogP contribution in [-0.4, -0.2) is 59.5 Å². The second-order valence-corrected chi connectivity index (χ2v) is 8.58. The molecule has 7 heterocycles. The Labute approximate surface area is 192 Å². The summed E-state index contributed by atoms with van der Waals surface area (Å²) in [6.07, 6.45) is 6.50. The first-order valence-electron chi connectivity index (χ1n) is 11.5. The van der Waals surface area contributed by atoms with Crippen LogP contribution in [0.25, 0.3) is 5.57 Å². The van der Waals surface area contributed by atoms with Gasteiger partial charge in [0.15, 0.2) is 0 Å². The molecule has 0 atom stereocenters. The lowest BCUT2D eigenvalue weighted by molar-refractivity contribution is -0.131. The first-order chi connectivity index (χ1) is 16.1. The third-order valence-electron chi connectivity index (χ3n) is 6.36. The van der Waals surface area contributed by atoms with Gasteiger partial charge in [-0.2, -0.15) is 0 Å². The van der Waals surface area contributed by atoms with E-state index in [1.165, 1.54) is 6.33 Å². The monoisotopic (exact) mass is 448 g/mol. The summed E-state index contributed by atoms with van der Waals surface area (Å²) >= 11 is 0. The Morgan fingerprint density at radius 1 is 1.00 bits per heavy atom. The molecule has 0 radical (unpaired) electrons. The van der Waals surface area contributed by atoms with Crippen molar-refractivity contribution in [2.75, 3.05) is 48.3 Å². The van der Waals surface area contributed by atoms with Crippen molar-refractivity contribution in [3.8, 4) is 5.75 Å². The van der Waals surface area contributed by atoms with Crippen molar-refractivity contribution in [1.82, 2.24) is 14.9 Å². The Morgan fingerprint density at radius 3 is 2.64 bits per heavy atom. The molecule has 2 N–H and O–H groups in total. The summed E-state index contributed by atoms with van der Waals surface area (Å²) in [6.45, 7) is 5.25. The van der Waals surface area contributed by atoms with E-state index < -0.39 is 0 Å². The lowest BCUT2D eigenvalue weighted by atomic mass is 10.1. The zero-order chi connectivity index (χ0) is 22.8. The number of nitrogens with zero attached hydrogens (tertiary/aromatic N) is 4. The van der Waals surface area contributed by atoms with Crippen molar-refractivity contribution in [2.24, 2.45) is 0 Å². The predicted molar refractivity (Wildman–Crippen MR) is 126 cm³/mol. The topological polar surface area (TPSA) is 99.7 Å². The van der Waals surface area contributed by atoms with E-state index in [9.17, 15) is 9.59 Å². The van der Waals surface area contributed by atoms with E-state index in [1.54, 1.807) is 6.20 Å². The highest BCUT2D eigenvalue weighted by molar-refractivity contribution is 6.32. The number of aryl methyl sites for hydroxylation is 1. The van der Waals surface area contributed by atoms with Crippen LogP contribution < -0.4 is 20.3 Å². The largest absolute Gasteiger partial charge is 0.493 e. The average molecular weight is 449 g/mol. The SMILES string of the molecule is Cc1cc2ccc1OCCCCCC(=O)N1CCN(CC1)c1ncnc3c1/C(=C/N2)C(=O)N3. The van der Waals surface area contributed by atoms with Gasteiger partial charge in [0.2, 0.25) is 5.91 Å². The number of carbonyl (C=O) groups excluding carboxylic acids is 2. The highest BCUT2D eigenvalue weighted by Gasteiger charge is 2.32. The van der Waals surface area contributed by atoms with Gasteiger partial charge < -0.3 is 25.2 Å². The maximum atomic E-state index is 12.7. The number of rotatable bonds is 0. The predicted octanol–water partition coefficient (Wildman–Crippen LogP) is 2.79. The van der Waals surface area contributed by atoms with Crippen molar-refractivity contribution in [1.29, 1.82) is 0 Å². The quantitative estimate of drug-likeness (QED) is 0.639. The third kappa shape index (κ3) is 4.35. The van der Waals surface area contributed by atoms with Crippen LogP contribution in [0.15, 0.2) is 30.7 Å². The summed E-state index contributed by atoms with van der Waals surface area (Å²) in [7, 11) is 0. The molecule has 6 aliphatic heterocycles. The molecule has 9 heteroatoms. The fourth-order valence-electron chi connectivity index (χ4n) is 4.50. The molecule has 1 aromatic heterocycles. The van der Waals surface area contributed by atoms with Gasteiger partial charge in [0, 0.05) is 44.5 Å². The van der Waals surface area contributed by atoms with E-state index >= 15 is 0 Å². The Balaban J connectivity index is 1.48. The maximum absolute atomic E-state index is 12.7. The van der Waals surface area contributed by atoms with Crippen molar-refractivity contribution < 1.29 is 14.3 Å². The number of anilines is 3. The van der Waals surface area contributed by atoms with Crippen molar-refractivity contribution in [3.63, 3.8) is 0 Å². The highest BCUT2D eigenvalue weighted by Crippen LogP contribution is 2.37. The number of aromatic nitrogens is 2. The maximum Gasteiger partial charge on any atom is 0.259 e. The van der Waals surface area contributed by atoms with Crippen molar-refractivity contribution in [3.05, 3.63) is 41.9 Å². The van der Waals surface area contributed by atoms with Crippen LogP contribution in [0.3, 0.4) is 0 Å². The van der Waals surface area contributed by atoms with Gasteiger partial charge in [0.1, 0.15) is 23.7 Å². The molecule has 172 valence electrons. The zero-order valence-electron chi connectivity index (χ0n) is 18.8. The normalized spacial score (nSPS) is 20.5. The fourth-order valence-corrected chi connectivity index (χ4v) is 4.50. The number of amides is 2. The van der Waals surface area contributed by atoms with Gasteiger partial charge in [-0.05, 0) is 49.9 Å². The molecular weight excluding hydrogens is 420 g/mol. The molecule has 33 heavy (non-hydrogen) atoms. The molecule has 1 aromatic carbocycles. The summed E-state index contributed by atoms with van der Waals surface area (Å²) < 4.78 is 5.94. The summed E-state index contributed by atoms with van der Waals surface area (Å²) in [5.41, 5.74) is 3.07. The van der Waals surface area contributed by atoms with E-state index in [0.29, 0.717) is 62.0 Å². The van der Waals surface area contributed by atoms with Gasteiger partial charge >= 0.3 is 0 Å². The highest BCUT2D eigenvalue weighted by atomic mass is 16.5. The molecule has 9 nitrogen and oxygen atoms in total. The number of hydrogen-bond acceptors (Lipinski definition) is 7. The molecule has 8 rings (SSSR count). The van der Waals surface area contributed by atoms with Crippen LogP contribution in [0, 0.1) is 6.92 Å². The molecule has 4 bridgehead atoms. The van der Waals surface area contributed by atoms with Gasteiger partial charge in [-0.25, -0.2) is 9.97 Å². The summed E-state index contributed by atoms with van der Waals surface area (Å²) in [5, 5.41) is 6.09. The molecular formula is C24H28N6O3. The Bertz CT molecular complexity index is 1110. The second-order valence-electron chi connectivity index (χ2n) is 8.58. The Hall–Kier alpha value is -3.62. The molecule has 1 saturated heterocycles. The van der Waals surface area contributed by atoms with Crippen LogP contribution in [0.5, 0.6) is 5.75 Å². The van der Waals surface area contributed by atoms with E-state index in [4.69, 9.17) is 4.74 Å². The van der Waals surface area contributed by atoms with Crippen LogP contribution >= 0.6 is 0 Å². The van der Waals surface area contributed by atoms with E-state index in [-0.39, 0.29) is 11.8 Å². The molecule has 0 unspecified atom stereocenters. The zero-order valence-corrected chi connectivity index (χ0v) is 18.8. The fraction of sp³-hybridized carbons (Fsp3) is 0.417. The summed E-state index contributed by atoms with van der Waals surface area (Å²) in [5.74, 6) is 2.05. The Morgan fingerprint density at radius 2 is 1.82 bits per heavy atom. The molecule has 2 amide bonds. The second kappa shape index (κ2) is 9.09. The van der Waals surface area contributed by atoms with Gasteiger partial charge in [-0.15, -0.1) is 0 Å². The average Bonchev–Trinajstić information content (AvgIpc) is 3.15. The molecule has 6 aliphatic rings. The molecule has 1 fully saturated rings. The molecule has 0 spiro atoms. The minimum absolute atomic E-state index is 0.200. The minimum Gasteiger partial charge on any atom is -0.493 e. The number of carbonyl (C=O) groups is 2. The molecule has 0 aliphatic carbocycles. The smallest absolute Gasteiger partial charge is 0.259 e. The standard InChI is InChI=1S/C24H28N6O3/c1-16-13-17-6-7-19(16)33-12-4-2-3-5-20(31)29-8-10-30(11-9-29)23-21-18(14-25-17)24(32)28-22(21)26-15-27-23/h6-7,13-15,25H,2-5,8-12H2,1H3,(H,26,27,28,32)/b18-14-. The van der Waals surface area contributed by atoms with E-state index in [0.717, 1.165) is 36.3 Å². The van der Waals surface area contributed by atoms with Crippen LogP contribution in [0.1, 0.15) is 36.8 Å². The first-order valence-corrected chi connectivity index (χ1v) is 11.5. The van der Waals surface area contributed by atoms with Crippen molar-refractivity contribution in [2.45, 2.75) is 32.6 Å². The lowest BCUT2D eigenvalue weighted by Crippen LogP contribution is -2.49. The summed E-state index contributed by atoms with van der Waals surface area (Å²) in [6, 6.07) is 5.87. The van der Waals surface area contributed by atoms with Crippen molar-refractivity contribution >= 4 is 34.7 Å². The van der Waals surface area contributed by atoms with Crippen LogP contribution in [-0.2, 0) is 9.59 Å². The Kier molecular flexibility index (Phi) is 5.85. The van der Waals surface area contributed by atoms with E-state index in [1.807, 2.05) is 30.0 Å². The number of piperazine rings is 1. The van der Waals surface area contributed by atoms with Crippen LogP contribution in [0.4, 0.5) is 17.3 Å². The number of ether oxygens (including phenoxy) is 1. The third-order valence-corrected chi connectivity index (χ3v) is 6.36. The number of nitrogens with one attached hydrogen (secondary N) is 2. The van der Waals surface area contributed by atoms with Gasteiger partial charge in [-0.3, -0.25) is 9.59 Å². The van der Waals surface area contributed by atoms with E-state index in [2.05, 4.69) is 25.5 Å². The molecule has 2 aromatic rings. The first kappa shape index (κ1) is 21.2. The van der Waals surface area contributed by atoms with Gasteiger partial charge in [-0.1, -0.05) is 0 Å². The van der Waals surface area contributed by atoms with Gasteiger partial charge in [0.25, 0.3) is 5.91 Å². The molecule has 0 saturated carbocycles. The number of benzene rings is 1.